The molecule has 2 fully saturated rings. The van der Waals surface area contributed by atoms with E-state index in [4.69, 9.17) is 0 Å². The van der Waals surface area contributed by atoms with Crippen LogP contribution in [0.15, 0.2) is 18.2 Å². The van der Waals surface area contributed by atoms with E-state index in [9.17, 15) is 13.6 Å². The normalized spacial score (nSPS) is 20.8. The van der Waals surface area contributed by atoms with Crippen molar-refractivity contribution in [3.63, 3.8) is 0 Å². The molecule has 108 valence electrons. The second-order valence-electron chi connectivity index (χ2n) is 5.24. The van der Waals surface area contributed by atoms with E-state index in [0.29, 0.717) is 19.1 Å². The van der Waals surface area contributed by atoms with Crippen LogP contribution in [0.4, 0.5) is 8.78 Å². The minimum Gasteiger partial charge on any atom is -0.336 e. The number of piperazine rings is 1. The lowest BCUT2D eigenvalue weighted by molar-refractivity contribution is 0.0494. The molecule has 1 aromatic carbocycles. The number of halogens is 2. The van der Waals surface area contributed by atoms with Crippen LogP contribution in [0.25, 0.3) is 0 Å². The monoisotopic (exact) mass is 281 g/mol. The molecule has 2 aliphatic rings. The molecule has 1 N–H and O–H groups in total. The lowest BCUT2D eigenvalue weighted by Crippen LogP contribution is -2.62. The van der Waals surface area contributed by atoms with Crippen LogP contribution in [0.2, 0.25) is 0 Å². The number of benzene rings is 1. The van der Waals surface area contributed by atoms with Gasteiger partial charge in [-0.25, -0.2) is 8.78 Å². The van der Waals surface area contributed by atoms with Crippen molar-refractivity contribution in [2.24, 2.45) is 0 Å². The third-order valence-electron chi connectivity index (χ3n) is 4.05. The molecule has 2 heterocycles. The molecule has 3 rings (SSSR count). The van der Waals surface area contributed by atoms with Crippen molar-refractivity contribution in [3.05, 3.63) is 35.4 Å². The fourth-order valence-electron chi connectivity index (χ4n) is 2.68. The number of hydrogen-bond donors (Lipinski definition) is 1. The van der Waals surface area contributed by atoms with Crippen molar-refractivity contribution in [3.8, 4) is 0 Å². The van der Waals surface area contributed by atoms with Gasteiger partial charge in [0.15, 0.2) is 0 Å². The molecule has 20 heavy (non-hydrogen) atoms. The Kier molecular flexibility index (Phi) is 3.67. The number of carbonyl (C=O) groups is 1. The summed E-state index contributed by atoms with van der Waals surface area (Å²) in [4.78, 5) is 16.1. The van der Waals surface area contributed by atoms with Gasteiger partial charge in [0.2, 0.25) is 0 Å². The van der Waals surface area contributed by atoms with Crippen molar-refractivity contribution >= 4 is 5.91 Å². The first-order valence-electron chi connectivity index (χ1n) is 6.85. The van der Waals surface area contributed by atoms with E-state index >= 15 is 0 Å². The van der Waals surface area contributed by atoms with Gasteiger partial charge < -0.3 is 10.2 Å². The molecular formula is C14H17F2N3O. The van der Waals surface area contributed by atoms with E-state index in [1.54, 1.807) is 0 Å². The fourth-order valence-corrected chi connectivity index (χ4v) is 2.68. The van der Waals surface area contributed by atoms with Crippen LogP contribution in [0.3, 0.4) is 0 Å². The SMILES string of the molecule is O=C(c1c(F)cccc1F)N1CCN(C2CNC2)CC1. The zero-order chi connectivity index (χ0) is 14.1. The highest BCUT2D eigenvalue weighted by atomic mass is 19.1. The van der Waals surface area contributed by atoms with E-state index in [1.807, 2.05) is 0 Å². The predicted molar refractivity (Wildman–Crippen MR) is 70.5 cm³/mol. The summed E-state index contributed by atoms with van der Waals surface area (Å²) in [5.74, 6) is -2.13. The van der Waals surface area contributed by atoms with Crippen LogP contribution >= 0.6 is 0 Å². The highest BCUT2D eigenvalue weighted by Gasteiger charge is 2.31. The summed E-state index contributed by atoms with van der Waals surface area (Å²) < 4.78 is 27.2. The van der Waals surface area contributed by atoms with E-state index in [-0.39, 0.29) is 0 Å². The Morgan fingerprint density at radius 3 is 2.20 bits per heavy atom. The Balaban J connectivity index is 1.67. The second kappa shape index (κ2) is 5.46. The van der Waals surface area contributed by atoms with Crippen LogP contribution in [-0.2, 0) is 0 Å². The van der Waals surface area contributed by atoms with Crippen molar-refractivity contribution in [2.45, 2.75) is 6.04 Å². The van der Waals surface area contributed by atoms with Gasteiger partial charge >= 0.3 is 0 Å². The van der Waals surface area contributed by atoms with Crippen molar-refractivity contribution in [2.75, 3.05) is 39.3 Å². The van der Waals surface area contributed by atoms with Gasteiger partial charge in [-0.1, -0.05) is 6.07 Å². The number of nitrogens with one attached hydrogen (secondary N) is 1. The lowest BCUT2D eigenvalue weighted by atomic mass is 10.1. The molecule has 0 aromatic heterocycles. The molecule has 1 amide bonds. The summed E-state index contributed by atoms with van der Waals surface area (Å²) in [6.07, 6.45) is 0. The molecule has 0 bridgehead atoms. The van der Waals surface area contributed by atoms with Crippen LogP contribution < -0.4 is 5.32 Å². The Morgan fingerprint density at radius 2 is 1.70 bits per heavy atom. The number of nitrogens with zero attached hydrogens (tertiary/aromatic N) is 2. The Hall–Kier alpha value is -1.53. The molecule has 0 spiro atoms. The van der Waals surface area contributed by atoms with Crippen molar-refractivity contribution < 1.29 is 13.6 Å². The smallest absolute Gasteiger partial charge is 0.259 e. The molecule has 0 saturated carbocycles. The fraction of sp³-hybridized carbons (Fsp3) is 0.500. The quantitative estimate of drug-likeness (QED) is 0.866. The standard InChI is InChI=1S/C14H17F2N3O/c15-11-2-1-3-12(16)13(11)14(20)19-6-4-18(5-7-19)10-8-17-9-10/h1-3,10,17H,4-9H2. The van der Waals surface area contributed by atoms with Crippen LogP contribution in [0.1, 0.15) is 10.4 Å². The molecule has 0 unspecified atom stereocenters. The molecule has 2 saturated heterocycles. The van der Waals surface area contributed by atoms with Gasteiger partial charge in [0, 0.05) is 45.3 Å². The maximum absolute atomic E-state index is 13.6. The van der Waals surface area contributed by atoms with E-state index in [0.717, 1.165) is 38.3 Å². The number of rotatable bonds is 2. The topological polar surface area (TPSA) is 35.6 Å². The minimum atomic E-state index is -0.791. The lowest BCUT2D eigenvalue weighted by Gasteiger charge is -2.43. The van der Waals surface area contributed by atoms with Gasteiger partial charge in [-0.2, -0.15) is 0 Å². The number of hydrogen-bond acceptors (Lipinski definition) is 3. The van der Waals surface area contributed by atoms with Gasteiger partial charge in [0.25, 0.3) is 5.91 Å². The van der Waals surface area contributed by atoms with Gasteiger partial charge in [-0.3, -0.25) is 9.69 Å². The molecule has 0 atom stereocenters. The largest absolute Gasteiger partial charge is 0.336 e. The third kappa shape index (κ3) is 2.41. The zero-order valence-corrected chi connectivity index (χ0v) is 11.1. The minimum absolute atomic E-state index is 0.439. The second-order valence-corrected chi connectivity index (χ2v) is 5.24. The average molecular weight is 281 g/mol. The zero-order valence-electron chi connectivity index (χ0n) is 11.1. The Labute approximate surface area is 116 Å². The first-order chi connectivity index (χ1) is 9.66. The van der Waals surface area contributed by atoms with E-state index in [2.05, 4.69) is 10.2 Å². The predicted octanol–water partition coefficient (Wildman–Crippen LogP) is 0.694. The van der Waals surface area contributed by atoms with Gasteiger partial charge in [-0.15, -0.1) is 0 Å². The van der Waals surface area contributed by atoms with E-state index < -0.39 is 23.1 Å². The van der Waals surface area contributed by atoms with Crippen molar-refractivity contribution in [1.82, 2.24) is 15.1 Å². The summed E-state index contributed by atoms with van der Waals surface area (Å²) in [5.41, 5.74) is -0.439. The van der Waals surface area contributed by atoms with Crippen molar-refractivity contribution in [1.29, 1.82) is 0 Å². The molecule has 0 aliphatic carbocycles. The summed E-state index contributed by atoms with van der Waals surface area (Å²) in [6, 6.07) is 4.04. The molecule has 6 heteroatoms. The summed E-state index contributed by atoms with van der Waals surface area (Å²) in [6.45, 7) is 4.51. The molecule has 0 radical (unpaired) electrons. The van der Waals surface area contributed by atoms with Gasteiger partial charge in [0.1, 0.15) is 17.2 Å². The van der Waals surface area contributed by atoms with Crippen LogP contribution in [0, 0.1) is 11.6 Å². The molecule has 4 nitrogen and oxygen atoms in total. The molecule has 1 aromatic rings. The number of amides is 1. The maximum atomic E-state index is 13.6. The third-order valence-corrected chi connectivity index (χ3v) is 4.05. The maximum Gasteiger partial charge on any atom is 0.259 e. The Morgan fingerprint density at radius 1 is 1.10 bits per heavy atom. The summed E-state index contributed by atoms with van der Waals surface area (Å²) in [5, 5.41) is 3.21. The van der Waals surface area contributed by atoms with Gasteiger partial charge in [-0.05, 0) is 12.1 Å². The molecule has 2 aliphatic heterocycles. The summed E-state index contributed by atoms with van der Waals surface area (Å²) >= 11 is 0. The number of carbonyl (C=O) groups excluding carboxylic acids is 1. The summed E-state index contributed by atoms with van der Waals surface area (Å²) in [7, 11) is 0. The first kappa shape index (κ1) is 13.5. The average Bonchev–Trinajstić information content (AvgIpc) is 2.37. The highest BCUT2D eigenvalue weighted by molar-refractivity contribution is 5.94. The first-order valence-corrected chi connectivity index (χ1v) is 6.85. The van der Waals surface area contributed by atoms with E-state index in [1.165, 1.54) is 11.0 Å². The molecular weight excluding hydrogens is 264 g/mol. The highest BCUT2D eigenvalue weighted by Crippen LogP contribution is 2.17. The van der Waals surface area contributed by atoms with Gasteiger partial charge in [0.05, 0.1) is 0 Å². The van der Waals surface area contributed by atoms with Crippen LogP contribution in [0.5, 0.6) is 0 Å². The van der Waals surface area contributed by atoms with Crippen LogP contribution in [-0.4, -0.2) is 61.0 Å². The Bertz CT molecular complexity index is 491.